The Hall–Kier alpha value is -1.66. The van der Waals surface area contributed by atoms with Gasteiger partial charge in [0.1, 0.15) is 0 Å². The lowest BCUT2D eigenvalue weighted by atomic mass is 10.2. The molecule has 1 aliphatic rings. The van der Waals surface area contributed by atoms with Crippen LogP contribution in [0.4, 0.5) is 5.69 Å². The second-order valence-corrected chi connectivity index (χ2v) is 5.46. The molecule has 0 spiro atoms. The molecule has 19 heavy (non-hydrogen) atoms. The summed E-state index contributed by atoms with van der Waals surface area (Å²) < 4.78 is 6.58. The SMILES string of the molecule is O=C(O)C1CCC(CNc2ccc3ncsc3c2)O1. The Kier molecular flexibility index (Phi) is 3.35. The van der Waals surface area contributed by atoms with Crippen molar-refractivity contribution in [1.29, 1.82) is 0 Å². The molecule has 0 radical (unpaired) electrons. The first-order chi connectivity index (χ1) is 9.22. The summed E-state index contributed by atoms with van der Waals surface area (Å²) >= 11 is 1.60. The summed E-state index contributed by atoms with van der Waals surface area (Å²) in [6.07, 6.45) is 0.705. The number of aromatic nitrogens is 1. The quantitative estimate of drug-likeness (QED) is 0.898. The molecule has 2 heterocycles. The number of benzene rings is 1. The van der Waals surface area contributed by atoms with Crippen molar-refractivity contribution in [3.63, 3.8) is 0 Å². The Morgan fingerprint density at radius 1 is 1.53 bits per heavy atom. The molecular formula is C13H14N2O3S. The molecule has 1 aromatic carbocycles. The van der Waals surface area contributed by atoms with Crippen LogP contribution in [0.25, 0.3) is 10.2 Å². The van der Waals surface area contributed by atoms with Gasteiger partial charge < -0.3 is 15.2 Å². The van der Waals surface area contributed by atoms with E-state index < -0.39 is 12.1 Å². The van der Waals surface area contributed by atoms with Gasteiger partial charge in [-0.3, -0.25) is 0 Å². The summed E-state index contributed by atoms with van der Waals surface area (Å²) in [5.74, 6) is -0.867. The number of thiazole rings is 1. The molecule has 0 bridgehead atoms. The number of anilines is 1. The molecule has 0 aliphatic carbocycles. The van der Waals surface area contributed by atoms with E-state index in [1.807, 2.05) is 17.6 Å². The van der Waals surface area contributed by atoms with Crippen molar-refractivity contribution >= 4 is 33.2 Å². The van der Waals surface area contributed by atoms with Crippen molar-refractivity contribution in [1.82, 2.24) is 4.98 Å². The molecule has 1 aromatic heterocycles. The number of fused-ring (bicyclic) bond motifs is 1. The van der Waals surface area contributed by atoms with E-state index in [2.05, 4.69) is 16.4 Å². The van der Waals surface area contributed by atoms with Crippen LogP contribution < -0.4 is 5.32 Å². The largest absolute Gasteiger partial charge is 0.479 e. The number of carbonyl (C=O) groups is 1. The van der Waals surface area contributed by atoms with Gasteiger partial charge in [-0.25, -0.2) is 9.78 Å². The Morgan fingerprint density at radius 3 is 3.21 bits per heavy atom. The van der Waals surface area contributed by atoms with E-state index in [0.717, 1.165) is 22.3 Å². The Morgan fingerprint density at radius 2 is 2.42 bits per heavy atom. The van der Waals surface area contributed by atoms with Crippen LogP contribution in [0.2, 0.25) is 0 Å². The molecule has 1 fully saturated rings. The minimum Gasteiger partial charge on any atom is -0.479 e. The molecule has 3 rings (SSSR count). The molecule has 100 valence electrons. The average molecular weight is 278 g/mol. The highest BCUT2D eigenvalue weighted by atomic mass is 32.1. The maximum Gasteiger partial charge on any atom is 0.332 e. The topological polar surface area (TPSA) is 71.5 Å². The smallest absolute Gasteiger partial charge is 0.332 e. The van der Waals surface area contributed by atoms with Crippen LogP contribution in [-0.2, 0) is 9.53 Å². The first kappa shape index (κ1) is 12.4. The van der Waals surface area contributed by atoms with Gasteiger partial charge >= 0.3 is 5.97 Å². The number of hydrogen-bond acceptors (Lipinski definition) is 5. The summed E-state index contributed by atoms with van der Waals surface area (Å²) in [6.45, 7) is 0.633. The van der Waals surface area contributed by atoms with Gasteiger partial charge in [-0.2, -0.15) is 0 Å². The van der Waals surface area contributed by atoms with Crippen LogP contribution >= 0.6 is 11.3 Å². The van der Waals surface area contributed by atoms with Crippen LogP contribution in [0.1, 0.15) is 12.8 Å². The van der Waals surface area contributed by atoms with Gasteiger partial charge in [0.05, 0.1) is 21.8 Å². The van der Waals surface area contributed by atoms with Crippen molar-refractivity contribution in [3.8, 4) is 0 Å². The van der Waals surface area contributed by atoms with Crippen molar-refractivity contribution < 1.29 is 14.6 Å². The molecule has 2 aromatic rings. The second kappa shape index (κ2) is 5.14. The summed E-state index contributed by atoms with van der Waals surface area (Å²) in [5.41, 5.74) is 3.84. The lowest BCUT2D eigenvalue weighted by Crippen LogP contribution is -2.24. The monoisotopic (exact) mass is 278 g/mol. The zero-order chi connectivity index (χ0) is 13.2. The maximum absolute atomic E-state index is 10.8. The lowest BCUT2D eigenvalue weighted by molar-refractivity contribution is -0.149. The third kappa shape index (κ3) is 2.69. The number of nitrogens with one attached hydrogen (secondary N) is 1. The third-order valence-corrected chi connectivity index (χ3v) is 4.04. The van der Waals surface area contributed by atoms with E-state index in [1.54, 1.807) is 11.3 Å². The normalized spacial score (nSPS) is 22.7. The van der Waals surface area contributed by atoms with Crippen molar-refractivity contribution in [3.05, 3.63) is 23.7 Å². The molecule has 1 saturated heterocycles. The maximum atomic E-state index is 10.8. The predicted molar refractivity (Wildman–Crippen MR) is 73.6 cm³/mol. The van der Waals surface area contributed by atoms with Gasteiger partial charge in [-0.1, -0.05) is 0 Å². The molecule has 0 saturated carbocycles. The van der Waals surface area contributed by atoms with E-state index in [9.17, 15) is 4.79 Å². The Labute approximate surface area is 114 Å². The summed E-state index contributed by atoms with van der Waals surface area (Å²) in [5, 5.41) is 12.1. The van der Waals surface area contributed by atoms with E-state index in [4.69, 9.17) is 9.84 Å². The van der Waals surface area contributed by atoms with Crippen molar-refractivity contribution in [2.75, 3.05) is 11.9 Å². The minimum absolute atomic E-state index is 0.0294. The van der Waals surface area contributed by atoms with Crippen molar-refractivity contribution in [2.24, 2.45) is 0 Å². The molecule has 0 amide bonds. The standard InChI is InChI=1S/C13H14N2O3S/c16-13(17)11-4-2-9(18-11)6-14-8-1-3-10-12(5-8)19-7-15-10/h1,3,5,7,9,11,14H,2,4,6H2,(H,16,17). The number of carboxylic acid groups (broad SMARTS) is 1. The third-order valence-electron chi connectivity index (χ3n) is 3.25. The first-order valence-electron chi connectivity index (χ1n) is 6.18. The lowest BCUT2D eigenvalue weighted by Gasteiger charge is -2.13. The highest BCUT2D eigenvalue weighted by Gasteiger charge is 2.30. The Bertz CT molecular complexity index is 598. The number of ether oxygens (including phenoxy) is 1. The highest BCUT2D eigenvalue weighted by Crippen LogP contribution is 2.23. The first-order valence-corrected chi connectivity index (χ1v) is 7.06. The fourth-order valence-corrected chi connectivity index (χ4v) is 2.95. The number of hydrogen-bond donors (Lipinski definition) is 2. The summed E-state index contributed by atoms with van der Waals surface area (Å²) in [7, 11) is 0. The molecular weight excluding hydrogens is 264 g/mol. The fraction of sp³-hybridized carbons (Fsp3) is 0.385. The molecule has 2 N–H and O–H groups in total. The number of carboxylic acids is 1. The van der Waals surface area contributed by atoms with Crippen LogP contribution in [0, 0.1) is 0 Å². The van der Waals surface area contributed by atoms with Crippen LogP contribution in [0.3, 0.4) is 0 Å². The van der Waals surface area contributed by atoms with Crippen LogP contribution in [-0.4, -0.2) is 34.8 Å². The predicted octanol–water partition coefficient (Wildman–Crippen LogP) is 2.34. The number of rotatable bonds is 4. The van der Waals surface area contributed by atoms with Gasteiger partial charge in [-0.15, -0.1) is 11.3 Å². The fourth-order valence-electron chi connectivity index (χ4n) is 2.23. The van der Waals surface area contributed by atoms with Crippen molar-refractivity contribution in [2.45, 2.75) is 25.0 Å². The van der Waals surface area contributed by atoms with Gasteiger partial charge in [0, 0.05) is 12.2 Å². The van der Waals surface area contributed by atoms with E-state index >= 15 is 0 Å². The molecule has 1 aliphatic heterocycles. The number of aliphatic carboxylic acids is 1. The van der Waals surface area contributed by atoms with Gasteiger partial charge in [0.25, 0.3) is 0 Å². The molecule has 6 heteroatoms. The number of nitrogens with zero attached hydrogens (tertiary/aromatic N) is 1. The molecule has 2 atom stereocenters. The zero-order valence-corrected chi connectivity index (χ0v) is 11.0. The summed E-state index contributed by atoms with van der Waals surface area (Å²) in [6, 6.07) is 6.01. The average Bonchev–Trinajstić information content (AvgIpc) is 3.04. The highest BCUT2D eigenvalue weighted by molar-refractivity contribution is 7.16. The minimum atomic E-state index is -0.867. The molecule has 5 nitrogen and oxygen atoms in total. The van der Waals surface area contributed by atoms with Gasteiger partial charge in [-0.05, 0) is 31.0 Å². The van der Waals surface area contributed by atoms with E-state index in [-0.39, 0.29) is 6.10 Å². The Balaban J connectivity index is 1.59. The van der Waals surface area contributed by atoms with Crippen LogP contribution in [0.15, 0.2) is 23.7 Å². The van der Waals surface area contributed by atoms with E-state index in [1.165, 1.54) is 0 Å². The van der Waals surface area contributed by atoms with Gasteiger partial charge in [0.15, 0.2) is 6.10 Å². The zero-order valence-electron chi connectivity index (χ0n) is 10.2. The second-order valence-electron chi connectivity index (χ2n) is 4.58. The van der Waals surface area contributed by atoms with Crippen LogP contribution in [0.5, 0.6) is 0 Å². The van der Waals surface area contributed by atoms with E-state index in [0.29, 0.717) is 13.0 Å². The molecule has 2 unspecified atom stereocenters. The summed E-state index contributed by atoms with van der Waals surface area (Å²) in [4.78, 5) is 15.0. The van der Waals surface area contributed by atoms with Gasteiger partial charge in [0.2, 0.25) is 0 Å².